The molecule has 0 aromatic heterocycles. The Kier molecular flexibility index (Phi) is 8.40. The minimum Gasteiger partial charge on any atom is -0.481 e. The predicted molar refractivity (Wildman–Crippen MR) is 142 cm³/mol. The number of fused-ring (bicyclic) bond motifs is 5. The first-order chi connectivity index (χ1) is 17.5. The molecule has 0 bridgehead atoms. The van der Waals surface area contributed by atoms with Crippen LogP contribution in [0.5, 0.6) is 0 Å². The van der Waals surface area contributed by atoms with Gasteiger partial charge in [-0.05, 0) is 110 Å². The lowest BCUT2D eigenvalue weighted by molar-refractivity contribution is -0.203. The van der Waals surface area contributed by atoms with E-state index in [0.717, 1.165) is 38.5 Å². The molecular weight excluding hydrogens is 468 g/mol. The summed E-state index contributed by atoms with van der Waals surface area (Å²) in [6.45, 7) is 9.93. The number of carboxylic acid groups (broad SMARTS) is 1. The highest BCUT2D eigenvalue weighted by molar-refractivity contribution is 5.94. The van der Waals surface area contributed by atoms with Crippen LogP contribution in [0.2, 0.25) is 0 Å². The lowest BCUT2D eigenvalue weighted by atomic mass is 9.41. The topological polar surface area (TPSA) is 141 Å². The molecule has 4 aliphatic rings. The number of nitrogens with zero attached hydrogens (tertiary/aromatic N) is 2. The van der Waals surface area contributed by atoms with E-state index in [9.17, 15) is 15.0 Å². The second kappa shape index (κ2) is 10.9. The van der Waals surface area contributed by atoms with Crippen molar-refractivity contribution in [2.75, 3.05) is 6.54 Å². The normalized spacial score (nSPS) is 43.7. The molecular formula is C29H50N4O4. The number of rotatable bonds is 9. The summed E-state index contributed by atoms with van der Waals surface area (Å²) in [5.41, 5.74) is 7.78. The van der Waals surface area contributed by atoms with Crippen LogP contribution in [0, 0.1) is 63.2 Å². The highest BCUT2D eigenvalue weighted by Gasteiger charge is 2.64. The monoisotopic (exact) mass is 518 g/mol. The van der Waals surface area contributed by atoms with E-state index in [2.05, 4.69) is 32.9 Å². The fourth-order valence-corrected chi connectivity index (χ4v) is 10.2. The van der Waals surface area contributed by atoms with Crippen molar-refractivity contribution in [3.05, 3.63) is 0 Å². The van der Waals surface area contributed by atoms with Gasteiger partial charge in [-0.3, -0.25) is 10.2 Å². The van der Waals surface area contributed by atoms with Crippen molar-refractivity contribution in [1.82, 2.24) is 5.01 Å². The molecule has 0 amide bonds. The van der Waals surface area contributed by atoms with Crippen molar-refractivity contribution in [3.8, 4) is 0 Å². The van der Waals surface area contributed by atoms with E-state index < -0.39 is 12.4 Å². The maximum atomic E-state index is 11.9. The zero-order chi connectivity index (χ0) is 27.1. The van der Waals surface area contributed by atoms with Gasteiger partial charge in [-0.1, -0.05) is 39.3 Å². The van der Waals surface area contributed by atoms with Gasteiger partial charge in [-0.2, -0.15) is 5.53 Å². The van der Waals surface area contributed by atoms with Gasteiger partial charge in [0.2, 0.25) is 0 Å². The van der Waals surface area contributed by atoms with Gasteiger partial charge in [0, 0.05) is 6.54 Å². The maximum absolute atomic E-state index is 11.9. The van der Waals surface area contributed by atoms with Crippen molar-refractivity contribution < 1.29 is 20.1 Å². The van der Waals surface area contributed by atoms with Gasteiger partial charge in [0.1, 0.15) is 12.3 Å². The summed E-state index contributed by atoms with van der Waals surface area (Å²) in [5, 5.41) is 43.8. The van der Waals surface area contributed by atoms with Gasteiger partial charge in [0.15, 0.2) is 0 Å². The zero-order valence-corrected chi connectivity index (χ0v) is 23.3. The van der Waals surface area contributed by atoms with E-state index in [1.165, 1.54) is 30.7 Å². The molecule has 210 valence electrons. The summed E-state index contributed by atoms with van der Waals surface area (Å²) in [6.07, 6.45) is 9.41. The second-order valence-corrected chi connectivity index (χ2v) is 13.5. The third-order valence-corrected chi connectivity index (χ3v) is 11.9. The molecule has 0 unspecified atom stereocenters. The molecule has 37 heavy (non-hydrogen) atoms. The van der Waals surface area contributed by atoms with Crippen molar-refractivity contribution >= 4 is 11.8 Å². The standard InChI is InChI=1S/C29H50N4O4/c1-5-19-23-15-18(34)10-12-29(23,4)22-11-13-28(3)20(8-9-21(28)26(22)27(19)37)17(2)7-6-14-33(32-31)24(30)16-25(35)36/h17-23,26-27,30-31,34,37H,5-16H2,1-4H3,(H,35,36)/t17-,18-,19-,20-,21+,22+,23+,26+,27-,28-,29-/m1/s1. The SMILES string of the molecule is CC[C@H]1[C@@H](O)[C@@H]2[C@H](CC[C@]3(C)[C@@H]([C@H](C)CCCN(N=N)C(=N)CC(=O)O)CC[C@@H]23)[C@@]2(C)CC[C@@H](O)C[C@@H]12. The summed E-state index contributed by atoms with van der Waals surface area (Å²) in [6, 6.07) is 0. The van der Waals surface area contributed by atoms with Crippen LogP contribution < -0.4 is 0 Å². The number of hydrogen-bond acceptors (Lipinski definition) is 6. The fraction of sp³-hybridized carbons (Fsp3) is 0.931. The number of aliphatic carboxylic acids is 1. The van der Waals surface area contributed by atoms with Gasteiger partial charge in [-0.25, -0.2) is 5.01 Å². The highest BCUT2D eigenvalue weighted by Crippen LogP contribution is 2.69. The molecule has 5 N–H and O–H groups in total. The maximum Gasteiger partial charge on any atom is 0.311 e. The number of aliphatic hydroxyl groups is 2. The molecule has 0 heterocycles. The Morgan fingerprint density at radius 3 is 2.41 bits per heavy atom. The molecule has 0 spiro atoms. The fourth-order valence-electron chi connectivity index (χ4n) is 10.2. The zero-order valence-electron chi connectivity index (χ0n) is 23.3. The summed E-state index contributed by atoms with van der Waals surface area (Å²) < 4.78 is 0. The Hall–Kier alpha value is -1.54. The van der Waals surface area contributed by atoms with Crippen molar-refractivity contribution in [1.29, 1.82) is 10.9 Å². The van der Waals surface area contributed by atoms with Gasteiger partial charge < -0.3 is 15.3 Å². The van der Waals surface area contributed by atoms with E-state index in [1.807, 2.05) is 0 Å². The molecule has 8 heteroatoms. The predicted octanol–water partition coefficient (Wildman–Crippen LogP) is 5.73. The first-order valence-corrected chi connectivity index (χ1v) is 14.8. The molecule has 4 rings (SSSR count). The molecule has 11 atom stereocenters. The minimum atomic E-state index is -1.08. The minimum absolute atomic E-state index is 0.139. The number of aliphatic hydroxyl groups excluding tert-OH is 2. The molecule has 0 saturated heterocycles. The van der Waals surface area contributed by atoms with Gasteiger partial charge in [-0.15, -0.1) is 0 Å². The third-order valence-electron chi connectivity index (χ3n) is 11.9. The Bertz CT molecular complexity index is 869. The van der Waals surface area contributed by atoms with Crippen LogP contribution in [0.25, 0.3) is 0 Å². The molecule has 8 nitrogen and oxygen atoms in total. The Morgan fingerprint density at radius 1 is 1.08 bits per heavy atom. The lowest BCUT2D eigenvalue weighted by Crippen LogP contribution is -2.62. The van der Waals surface area contributed by atoms with E-state index >= 15 is 0 Å². The quantitative estimate of drug-likeness (QED) is 0.115. The average molecular weight is 519 g/mol. The number of carboxylic acids is 1. The third kappa shape index (κ3) is 4.97. The first-order valence-electron chi connectivity index (χ1n) is 14.8. The van der Waals surface area contributed by atoms with Crippen LogP contribution in [0.15, 0.2) is 5.22 Å². The van der Waals surface area contributed by atoms with Gasteiger partial charge >= 0.3 is 5.97 Å². The van der Waals surface area contributed by atoms with Crippen LogP contribution in [0.1, 0.15) is 98.3 Å². The number of amidine groups is 1. The molecule has 4 aliphatic carbocycles. The Morgan fingerprint density at radius 2 is 1.76 bits per heavy atom. The molecule has 4 fully saturated rings. The summed E-state index contributed by atoms with van der Waals surface area (Å²) in [7, 11) is 0. The molecule has 4 saturated carbocycles. The summed E-state index contributed by atoms with van der Waals surface area (Å²) in [5.74, 6) is 1.99. The van der Waals surface area contributed by atoms with Crippen LogP contribution >= 0.6 is 0 Å². The van der Waals surface area contributed by atoms with E-state index in [0.29, 0.717) is 42.1 Å². The molecule has 0 aromatic rings. The van der Waals surface area contributed by atoms with Gasteiger partial charge in [0.05, 0.1) is 12.2 Å². The van der Waals surface area contributed by atoms with E-state index in [-0.39, 0.29) is 34.8 Å². The number of carbonyl (C=O) groups is 1. The van der Waals surface area contributed by atoms with E-state index in [1.54, 1.807) is 0 Å². The lowest BCUT2D eigenvalue weighted by Gasteiger charge is -2.64. The molecule has 0 aliphatic heterocycles. The molecule has 0 radical (unpaired) electrons. The number of nitrogens with one attached hydrogen (secondary N) is 2. The van der Waals surface area contributed by atoms with Gasteiger partial charge in [0.25, 0.3) is 0 Å². The van der Waals surface area contributed by atoms with Crippen LogP contribution in [-0.2, 0) is 4.79 Å². The van der Waals surface area contributed by atoms with E-state index in [4.69, 9.17) is 16.0 Å². The smallest absolute Gasteiger partial charge is 0.311 e. The summed E-state index contributed by atoms with van der Waals surface area (Å²) >= 11 is 0. The van der Waals surface area contributed by atoms with Crippen molar-refractivity contribution in [3.63, 3.8) is 0 Å². The highest BCUT2D eigenvalue weighted by atomic mass is 16.4. The molecule has 0 aromatic carbocycles. The van der Waals surface area contributed by atoms with Crippen LogP contribution in [0.3, 0.4) is 0 Å². The van der Waals surface area contributed by atoms with Crippen molar-refractivity contribution in [2.45, 2.75) is 111 Å². The summed E-state index contributed by atoms with van der Waals surface area (Å²) in [4.78, 5) is 10.9. The number of hydrogen-bond donors (Lipinski definition) is 5. The van der Waals surface area contributed by atoms with Crippen LogP contribution in [-0.4, -0.2) is 50.9 Å². The average Bonchev–Trinajstić information content (AvgIpc) is 3.19. The Labute approximate surface area is 222 Å². The Balaban J connectivity index is 1.45. The van der Waals surface area contributed by atoms with Crippen LogP contribution in [0.4, 0.5) is 0 Å². The second-order valence-electron chi connectivity index (χ2n) is 13.5. The first kappa shape index (κ1) is 28.5. The largest absolute Gasteiger partial charge is 0.481 e. The van der Waals surface area contributed by atoms with Crippen molar-refractivity contribution in [2.24, 2.45) is 57.5 Å².